The molecular weight excluding hydrogens is 288 g/mol. The van der Waals surface area contributed by atoms with Crippen LogP contribution in [0.1, 0.15) is 35.2 Å². The average molecular weight is 308 g/mol. The summed E-state index contributed by atoms with van der Waals surface area (Å²) < 4.78 is 5.33. The molecule has 2 aromatic heterocycles. The molecule has 1 aromatic carbocycles. The fourth-order valence-electron chi connectivity index (χ4n) is 3.31. The van der Waals surface area contributed by atoms with Crippen LogP contribution in [0.5, 0.6) is 0 Å². The second-order valence-corrected chi connectivity index (χ2v) is 6.43. The third-order valence-corrected chi connectivity index (χ3v) is 4.56. The fourth-order valence-corrected chi connectivity index (χ4v) is 3.31. The van der Waals surface area contributed by atoms with Gasteiger partial charge in [0.15, 0.2) is 5.82 Å². The molecule has 118 valence electrons. The van der Waals surface area contributed by atoms with E-state index >= 15 is 0 Å². The summed E-state index contributed by atoms with van der Waals surface area (Å²) in [5.41, 5.74) is 3.57. The van der Waals surface area contributed by atoms with E-state index in [9.17, 15) is 0 Å². The zero-order chi connectivity index (χ0) is 16.0. The van der Waals surface area contributed by atoms with Crippen LogP contribution in [-0.2, 0) is 0 Å². The van der Waals surface area contributed by atoms with E-state index in [1.54, 1.807) is 0 Å². The van der Waals surface area contributed by atoms with E-state index in [0.717, 1.165) is 36.7 Å². The maximum atomic E-state index is 5.33. The predicted octanol–water partition coefficient (Wildman–Crippen LogP) is 3.54. The molecule has 1 aliphatic heterocycles. The van der Waals surface area contributed by atoms with Crippen molar-refractivity contribution >= 4 is 16.7 Å². The maximum absolute atomic E-state index is 5.33. The largest absolute Gasteiger partial charge is 0.356 e. The molecular formula is C18H20N4O. The predicted molar refractivity (Wildman–Crippen MR) is 89.8 cm³/mol. The molecule has 3 heterocycles. The minimum Gasteiger partial charge on any atom is -0.356 e. The van der Waals surface area contributed by atoms with Gasteiger partial charge in [-0.3, -0.25) is 0 Å². The van der Waals surface area contributed by atoms with Crippen LogP contribution in [0, 0.1) is 20.8 Å². The number of pyridine rings is 1. The monoisotopic (exact) mass is 308 g/mol. The van der Waals surface area contributed by atoms with E-state index in [1.165, 1.54) is 16.5 Å². The molecule has 0 aliphatic carbocycles. The topological polar surface area (TPSA) is 55.1 Å². The van der Waals surface area contributed by atoms with E-state index in [0.29, 0.717) is 11.7 Å². The Bertz CT molecular complexity index is 871. The van der Waals surface area contributed by atoms with Gasteiger partial charge in [0, 0.05) is 18.5 Å². The summed E-state index contributed by atoms with van der Waals surface area (Å²) in [6.07, 6.45) is 1.02. The summed E-state index contributed by atoms with van der Waals surface area (Å²) in [4.78, 5) is 11.6. The smallest absolute Gasteiger partial charge is 0.231 e. The van der Waals surface area contributed by atoms with Gasteiger partial charge in [-0.2, -0.15) is 4.98 Å². The number of hydrogen-bond acceptors (Lipinski definition) is 5. The van der Waals surface area contributed by atoms with Crippen molar-refractivity contribution in [1.29, 1.82) is 0 Å². The molecule has 23 heavy (non-hydrogen) atoms. The summed E-state index contributed by atoms with van der Waals surface area (Å²) >= 11 is 0. The molecule has 0 bridgehead atoms. The number of aromatic nitrogens is 3. The summed E-state index contributed by atoms with van der Waals surface area (Å²) in [6.45, 7) is 7.96. The number of nitrogens with zero attached hydrogens (tertiary/aromatic N) is 4. The number of fused-ring (bicyclic) bond motifs is 1. The van der Waals surface area contributed by atoms with Crippen molar-refractivity contribution in [2.24, 2.45) is 0 Å². The van der Waals surface area contributed by atoms with Crippen LogP contribution >= 0.6 is 0 Å². The lowest BCUT2D eigenvalue weighted by Gasteiger charge is -2.18. The van der Waals surface area contributed by atoms with Gasteiger partial charge >= 0.3 is 0 Å². The molecule has 3 aromatic rings. The molecule has 1 saturated heterocycles. The third-order valence-electron chi connectivity index (χ3n) is 4.56. The molecule has 5 nitrogen and oxygen atoms in total. The Hall–Kier alpha value is -2.43. The Morgan fingerprint density at radius 2 is 2.00 bits per heavy atom. The Labute approximate surface area is 135 Å². The van der Waals surface area contributed by atoms with Gasteiger partial charge in [0.25, 0.3) is 0 Å². The highest BCUT2D eigenvalue weighted by Gasteiger charge is 2.29. The Morgan fingerprint density at radius 1 is 1.13 bits per heavy atom. The van der Waals surface area contributed by atoms with E-state index in [1.807, 2.05) is 6.92 Å². The first kappa shape index (κ1) is 14.2. The molecule has 0 spiro atoms. The average Bonchev–Trinajstić information content (AvgIpc) is 3.15. The standard InChI is InChI=1S/C18H20N4O/c1-11-4-5-15-12(2)9-17(20-16(15)8-11)22-7-6-14(10-22)18-19-13(3)21-23-18/h4-5,8-9,14H,6-7,10H2,1-3H3. The lowest BCUT2D eigenvalue weighted by Crippen LogP contribution is -2.20. The number of rotatable bonds is 2. The Morgan fingerprint density at radius 3 is 2.78 bits per heavy atom. The first-order valence-electron chi connectivity index (χ1n) is 8.03. The van der Waals surface area contributed by atoms with E-state index in [4.69, 9.17) is 9.51 Å². The van der Waals surface area contributed by atoms with Crippen LogP contribution in [0.3, 0.4) is 0 Å². The van der Waals surface area contributed by atoms with Crippen molar-refractivity contribution in [3.8, 4) is 0 Å². The highest BCUT2D eigenvalue weighted by molar-refractivity contribution is 5.84. The number of benzene rings is 1. The molecule has 1 fully saturated rings. The van der Waals surface area contributed by atoms with Gasteiger partial charge in [-0.25, -0.2) is 4.98 Å². The van der Waals surface area contributed by atoms with Gasteiger partial charge in [-0.05, 0) is 50.5 Å². The summed E-state index contributed by atoms with van der Waals surface area (Å²) in [6, 6.07) is 8.63. The zero-order valence-corrected chi connectivity index (χ0v) is 13.7. The molecule has 1 unspecified atom stereocenters. The number of aryl methyl sites for hydroxylation is 3. The highest BCUT2D eigenvalue weighted by atomic mass is 16.5. The third kappa shape index (κ3) is 2.56. The highest BCUT2D eigenvalue weighted by Crippen LogP contribution is 2.31. The van der Waals surface area contributed by atoms with Crippen molar-refractivity contribution in [3.05, 3.63) is 47.1 Å². The van der Waals surface area contributed by atoms with Crippen LogP contribution in [-0.4, -0.2) is 28.2 Å². The van der Waals surface area contributed by atoms with Gasteiger partial charge in [0.2, 0.25) is 5.89 Å². The van der Waals surface area contributed by atoms with Gasteiger partial charge < -0.3 is 9.42 Å². The Kier molecular flexibility index (Phi) is 3.29. The fraction of sp³-hybridized carbons (Fsp3) is 0.389. The zero-order valence-electron chi connectivity index (χ0n) is 13.7. The SMILES string of the molecule is Cc1ccc2c(C)cc(N3CCC(c4nc(C)no4)C3)nc2c1. The van der Waals surface area contributed by atoms with Crippen LogP contribution < -0.4 is 4.90 Å². The van der Waals surface area contributed by atoms with Crippen molar-refractivity contribution in [3.63, 3.8) is 0 Å². The normalized spacial score (nSPS) is 18.0. The molecule has 0 radical (unpaired) electrons. The molecule has 0 N–H and O–H groups in total. The minimum atomic E-state index is 0.298. The van der Waals surface area contributed by atoms with E-state index in [2.05, 4.69) is 53.2 Å². The first-order chi connectivity index (χ1) is 11.1. The lowest BCUT2D eigenvalue weighted by molar-refractivity contribution is 0.356. The van der Waals surface area contributed by atoms with Crippen LogP contribution in [0.25, 0.3) is 10.9 Å². The van der Waals surface area contributed by atoms with Crippen LogP contribution in [0.4, 0.5) is 5.82 Å². The maximum Gasteiger partial charge on any atom is 0.231 e. The minimum absolute atomic E-state index is 0.298. The second-order valence-electron chi connectivity index (χ2n) is 6.43. The molecule has 1 aliphatic rings. The van der Waals surface area contributed by atoms with Crippen molar-refractivity contribution in [2.75, 3.05) is 18.0 Å². The molecule has 4 rings (SSSR count). The number of anilines is 1. The second kappa shape index (κ2) is 5.33. The van der Waals surface area contributed by atoms with Crippen LogP contribution in [0.2, 0.25) is 0 Å². The van der Waals surface area contributed by atoms with Gasteiger partial charge in [0.1, 0.15) is 5.82 Å². The molecule has 0 amide bonds. The van der Waals surface area contributed by atoms with Crippen LogP contribution in [0.15, 0.2) is 28.8 Å². The van der Waals surface area contributed by atoms with Gasteiger partial charge in [0.05, 0.1) is 11.4 Å². The van der Waals surface area contributed by atoms with E-state index in [-0.39, 0.29) is 0 Å². The summed E-state index contributed by atoms with van der Waals surface area (Å²) in [5, 5.41) is 5.13. The molecule has 1 atom stereocenters. The van der Waals surface area contributed by atoms with Crippen molar-refractivity contribution in [2.45, 2.75) is 33.1 Å². The first-order valence-corrected chi connectivity index (χ1v) is 8.03. The van der Waals surface area contributed by atoms with Crippen molar-refractivity contribution in [1.82, 2.24) is 15.1 Å². The van der Waals surface area contributed by atoms with Crippen molar-refractivity contribution < 1.29 is 4.52 Å². The summed E-state index contributed by atoms with van der Waals surface area (Å²) in [7, 11) is 0. The summed E-state index contributed by atoms with van der Waals surface area (Å²) in [5.74, 6) is 2.79. The van der Waals surface area contributed by atoms with Gasteiger partial charge in [-0.1, -0.05) is 17.3 Å². The van der Waals surface area contributed by atoms with Gasteiger partial charge in [-0.15, -0.1) is 0 Å². The van der Waals surface area contributed by atoms with E-state index < -0.39 is 0 Å². The molecule has 5 heteroatoms. The quantitative estimate of drug-likeness (QED) is 0.725. The lowest BCUT2D eigenvalue weighted by atomic mass is 10.1. The molecule has 0 saturated carbocycles. The number of hydrogen-bond donors (Lipinski definition) is 0. The Balaban J connectivity index is 1.64.